The van der Waals surface area contributed by atoms with E-state index in [2.05, 4.69) is 51.8 Å². The Bertz CT molecular complexity index is 1400. The van der Waals surface area contributed by atoms with Gasteiger partial charge >= 0.3 is 0 Å². The van der Waals surface area contributed by atoms with Crippen LogP contribution in [0.2, 0.25) is 0 Å². The van der Waals surface area contributed by atoms with Crippen molar-refractivity contribution in [2.45, 2.75) is 39.3 Å². The van der Waals surface area contributed by atoms with Gasteiger partial charge in [0.05, 0.1) is 6.54 Å². The van der Waals surface area contributed by atoms with E-state index in [0.29, 0.717) is 38.2 Å². The van der Waals surface area contributed by atoms with E-state index in [4.69, 9.17) is 4.74 Å². The first-order valence-corrected chi connectivity index (χ1v) is 15.4. The zero-order chi connectivity index (χ0) is 29.7. The Morgan fingerprint density at radius 3 is 2.19 bits per heavy atom. The Morgan fingerprint density at radius 2 is 1.50 bits per heavy atom. The van der Waals surface area contributed by atoms with Crippen molar-refractivity contribution >= 4 is 27.7 Å². The summed E-state index contributed by atoms with van der Waals surface area (Å²) in [4.78, 5) is 31.0. The Morgan fingerprint density at radius 1 is 0.810 bits per heavy atom. The molecule has 0 aliphatic heterocycles. The first-order valence-electron chi connectivity index (χ1n) is 14.6. The zero-order valence-electron chi connectivity index (χ0n) is 24.5. The molecule has 1 aromatic heterocycles. The van der Waals surface area contributed by atoms with Gasteiger partial charge in [-0.1, -0.05) is 83.9 Å². The molecular formula is C35H40BrN3O3. The molecule has 0 spiro atoms. The molecule has 0 N–H and O–H groups in total. The maximum absolute atomic E-state index is 13.8. The summed E-state index contributed by atoms with van der Waals surface area (Å²) in [5.74, 6) is -0.195. The van der Waals surface area contributed by atoms with Crippen molar-refractivity contribution in [2.75, 3.05) is 33.4 Å². The van der Waals surface area contributed by atoms with Crippen molar-refractivity contribution < 1.29 is 14.3 Å². The van der Waals surface area contributed by atoms with Crippen LogP contribution in [-0.4, -0.2) is 59.5 Å². The Balaban J connectivity index is 1.49. The molecule has 7 heteroatoms. The van der Waals surface area contributed by atoms with Crippen LogP contribution >= 0.6 is 15.9 Å². The number of hydrogen-bond acceptors (Lipinski definition) is 3. The highest BCUT2D eigenvalue weighted by atomic mass is 79.9. The largest absolute Gasteiger partial charge is 0.385 e. The molecule has 0 saturated carbocycles. The van der Waals surface area contributed by atoms with Gasteiger partial charge in [-0.15, -0.1) is 0 Å². The van der Waals surface area contributed by atoms with Crippen molar-refractivity contribution in [1.29, 1.82) is 0 Å². The van der Waals surface area contributed by atoms with Crippen molar-refractivity contribution in [3.05, 3.63) is 118 Å². The van der Waals surface area contributed by atoms with Crippen molar-refractivity contribution in [1.82, 2.24) is 14.4 Å². The molecule has 0 aliphatic rings. The average Bonchev–Trinajstić information content (AvgIpc) is 3.46. The Kier molecular flexibility index (Phi) is 12.0. The lowest BCUT2D eigenvalue weighted by Gasteiger charge is -2.28. The summed E-state index contributed by atoms with van der Waals surface area (Å²) in [6.45, 7) is 4.98. The topological polar surface area (TPSA) is 54.8 Å². The van der Waals surface area contributed by atoms with E-state index in [1.165, 1.54) is 5.56 Å². The monoisotopic (exact) mass is 629 g/mol. The fourth-order valence-corrected chi connectivity index (χ4v) is 5.17. The van der Waals surface area contributed by atoms with Crippen LogP contribution in [0.1, 0.15) is 47.8 Å². The highest BCUT2D eigenvalue weighted by Crippen LogP contribution is 2.20. The lowest BCUT2D eigenvalue weighted by molar-refractivity contribution is -0.132. The number of halogens is 1. The minimum Gasteiger partial charge on any atom is -0.385 e. The molecule has 4 rings (SSSR count). The molecule has 1 heterocycles. The molecular weight excluding hydrogens is 590 g/mol. The van der Waals surface area contributed by atoms with Crippen LogP contribution in [0, 0.1) is 0 Å². The lowest BCUT2D eigenvalue weighted by Crippen LogP contribution is -2.43. The van der Waals surface area contributed by atoms with Crippen molar-refractivity contribution in [2.24, 2.45) is 0 Å². The first kappa shape index (κ1) is 31.3. The number of benzene rings is 3. The quantitative estimate of drug-likeness (QED) is 0.130. The van der Waals surface area contributed by atoms with Crippen LogP contribution in [0.25, 0.3) is 11.1 Å². The number of rotatable bonds is 15. The van der Waals surface area contributed by atoms with Gasteiger partial charge < -0.3 is 19.1 Å². The number of methoxy groups -OCH3 is 1. The SMILES string of the molecule is CCCCN(Cc1cccn1Cc1ccc(Br)cc1)C(=O)CN(CCCOC)C(=O)c1ccc(-c2ccccc2)cc1. The van der Waals surface area contributed by atoms with Gasteiger partial charge in [0.1, 0.15) is 6.54 Å². The van der Waals surface area contributed by atoms with Crippen LogP contribution in [-0.2, 0) is 22.6 Å². The van der Waals surface area contributed by atoms with Crippen LogP contribution in [0.4, 0.5) is 0 Å². The number of ether oxygens (including phenoxy) is 1. The smallest absolute Gasteiger partial charge is 0.254 e. The van der Waals surface area contributed by atoms with Gasteiger partial charge in [0.25, 0.3) is 5.91 Å². The van der Waals surface area contributed by atoms with Crippen molar-refractivity contribution in [3.8, 4) is 11.1 Å². The van der Waals surface area contributed by atoms with E-state index < -0.39 is 0 Å². The molecule has 220 valence electrons. The van der Waals surface area contributed by atoms with E-state index in [1.54, 1.807) is 12.0 Å². The molecule has 0 radical (unpaired) electrons. The van der Waals surface area contributed by atoms with Gasteiger partial charge in [-0.05, 0) is 65.9 Å². The third-order valence-electron chi connectivity index (χ3n) is 7.31. The van der Waals surface area contributed by atoms with E-state index in [-0.39, 0.29) is 18.4 Å². The summed E-state index contributed by atoms with van der Waals surface area (Å²) in [5, 5.41) is 0. The van der Waals surface area contributed by atoms with E-state index in [0.717, 1.165) is 40.7 Å². The van der Waals surface area contributed by atoms with Gasteiger partial charge in [-0.2, -0.15) is 0 Å². The van der Waals surface area contributed by atoms with Gasteiger partial charge in [0.2, 0.25) is 5.91 Å². The number of amides is 2. The highest BCUT2D eigenvalue weighted by Gasteiger charge is 2.23. The number of carbonyl (C=O) groups excluding carboxylic acids is 2. The molecule has 0 atom stereocenters. The molecule has 0 saturated heterocycles. The lowest BCUT2D eigenvalue weighted by atomic mass is 10.0. The van der Waals surface area contributed by atoms with Gasteiger partial charge in [0, 0.05) is 55.3 Å². The maximum Gasteiger partial charge on any atom is 0.254 e. The molecule has 4 aromatic rings. The Labute approximate surface area is 258 Å². The standard InChI is InChI=1S/C35H40BrN3O3/c1-3-4-21-38(26-33-12-8-22-37(33)25-28-13-19-32(36)20-14-28)34(40)27-39(23-9-24-42-2)35(41)31-17-15-30(16-18-31)29-10-6-5-7-11-29/h5-8,10-20,22H,3-4,9,21,23-27H2,1-2H3. The molecule has 42 heavy (non-hydrogen) atoms. The molecule has 0 fully saturated rings. The fourth-order valence-electron chi connectivity index (χ4n) is 4.90. The van der Waals surface area contributed by atoms with Crippen LogP contribution in [0.3, 0.4) is 0 Å². The molecule has 2 amide bonds. The van der Waals surface area contributed by atoms with Crippen LogP contribution in [0.5, 0.6) is 0 Å². The number of unbranched alkanes of at least 4 members (excludes halogenated alkanes) is 1. The van der Waals surface area contributed by atoms with E-state index in [1.807, 2.05) is 77.7 Å². The van der Waals surface area contributed by atoms with Crippen LogP contribution in [0.15, 0.2) is 102 Å². The third kappa shape index (κ3) is 8.91. The summed E-state index contributed by atoms with van der Waals surface area (Å²) in [5.41, 5.74) is 4.97. The average molecular weight is 631 g/mol. The summed E-state index contributed by atoms with van der Waals surface area (Å²) in [7, 11) is 1.65. The van der Waals surface area contributed by atoms with Gasteiger partial charge in [-0.25, -0.2) is 0 Å². The summed E-state index contributed by atoms with van der Waals surface area (Å²) in [6.07, 6.45) is 4.59. The first-order chi connectivity index (χ1) is 20.5. The molecule has 0 aliphatic carbocycles. The minimum absolute atomic E-state index is 0.0279. The van der Waals surface area contributed by atoms with Gasteiger partial charge in [0.15, 0.2) is 0 Å². The van der Waals surface area contributed by atoms with Crippen molar-refractivity contribution in [3.63, 3.8) is 0 Å². The Hall–Kier alpha value is -3.68. The molecule has 3 aromatic carbocycles. The highest BCUT2D eigenvalue weighted by molar-refractivity contribution is 9.10. The summed E-state index contributed by atoms with van der Waals surface area (Å²) in [6, 6.07) is 30.1. The van der Waals surface area contributed by atoms with Crippen LogP contribution < -0.4 is 0 Å². The predicted octanol–water partition coefficient (Wildman–Crippen LogP) is 7.27. The number of nitrogens with zero attached hydrogens (tertiary/aromatic N) is 3. The normalized spacial score (nSPS) is 10.9. The molecule has 0 unspecified atom stereocenters. The zero-order valence-corrected chi connectivity index (χ0v) is 26.1. The number of aromatic nitrogens is 1. The minimum atomic E-state index is -0.145. The second kappa shape index (κ2) is 16.1. The summed E-state index contributed by atoms with van der Waals surface area (Å²) < 4.78 is 8.48. The predicted molar refractivity (Wildman–Crippen MR) is 172 cm³/mol. The number of carbonyl (C=O) groups is 2. The third-order valence-corrected chi connectivity index (χ3v) is 7.83. The van der Waals surface area contributed by atoms with E-state index in [9.17, 15) is 9.59 Å². The molecule has 0 bridgehead atoms. The fraction of sp³-hybridized carbons (Fsp3) is 0.314. The second-order valence-electron chi connectivity index (χ2n) is 10.4. The summed E-state index contributed by atoms with van der Waals surface area (Å²) >= 11 is 3.50. The van der Waals surface area contributed by atoms with E-state index >= 15 is 0 Å². The number of hydrogen-bond donors (Lipinski definition) is 0. The second-order valence-corrected chi connectivity index (χ2v) is 11.4. The molecule has 6 nitrogen and oxygen atoms in total. The van der Waals surface area contributed by atoms with Gasteiger partial charge in [-0.3, -0.25) is 9.59 Å². The maximum atomic E-state index is 13.8.